The summed E-state index contributed by atoms with van der Waals surface area (Å²) in [4.78, 5) is 29.6. The van der Waals surface area contributed by atoms with Gasteiger partial charge in [-0.2, -0.15) is 10.1 Å². The number of thioether (sulfide) groups is 1. The summed E-state index contributed by atoms with van der Waals surface area (Å²) in [5.41, 5.74) is 1.04. The molecule has 0 unspecified atom stereocenters. The number of hydrogen-bond acceptors (Lipinski definition) is 8. The molecule has 1 amide bonds. The molecule has 4 heterocycles. The van der Waals surface area contributed by atoms with Gasteiger partial charge in [0.05, 0.1) is 18.1 Å². The molecule has 9 nitrogen and oxygen atoms in total. The first-order valence-electron chi connectivity index (χ1n) is 10.9. The Morgan fingerprint density at radius 3 is 2.85 bits per heavy atom. The van der Waals surface area contributed by atoms with Crippen LogP contribution in [0, 0.1) is 0 Å². The van der Waals surface area contributed by atoms with Crippen molar-refractivity contribution in [2.24, 2.45) is 5.10 Å². The number of amides is 1. The van der Waals surface area contributed by atoms with E-state index in [4.69, 9.17) is 8.83 Å². The van der Waals surface area contributed by atoms with Crippen LogP contribution in [0.15, 0.2) is 78.7 Å². The number of carbonyl (C=O) groups excluding carboxylic acids is 1. The second kappa shape index (κ2) is 9.22. The van der Waals surface area contributed by atoms with Crippen LogP contribution in [-0.2, 0) is 11.3 Å². The number of hydrazone groups is 1. The summed E-state index contributed by atoms with van der Waals surface area (Å²) in [7, 11) is 0. The average molecular weight is 479 g/mol. The van der Waals surface area contributed by atoms with Gasteiger partial charge in [-0.25, -0.2) is 5.01 Å². The van der Waals surface area contributed by atoms with Crippen molar-refractivity contribution in [1.29, 1.82) is 0 Å². The molecule has 1 aliphatic heterocycles. The maximum atomic E-state index is 13.3. The molecule has 1 aliphatic rings. The molecule has 1 atom stereocenters. The normalized spacial score (nSPS) is 15.7. The highest BCUT2D eigenvalue weighted by Crippen LogP contribution is 2.35. The van der Waals surface area contributed by atoms with E-state index in [2.05, 4.69) is 10.1 Å². The van der Waals surface area contributed by atoms with E-state index in [-0.39, 0.29) is 28.3 Å². The van der Waals surface area contributed by atoms with E-state index in [0.717, 1.165) is 28.8 Å². The van der Waals surface area contributed by atoms with Crippen LogP contribution in [0.3, 0.4) is 0 Å². The Bertz CT molecular complexity index is 1390. The molecule has 4 aromatic rings. The van der Waals surface area contributed by atoms with Crippen LogP contribution in [0.1, 0.15) is 37.3 Å². The number of para-hydroxylation sites is 1. The fraction of sp³-hybridized carbons (Fsp3) is 0.250. The van der Waals surface area contributed by atoms with Crippen molar-refractivity contribution < 1.29 is 18.7 Å². The molecule has 0 aliphatic carbocycles. The van der Waals surface area contributed by atoms with Crippen LogP contribution in [-0.4, -0.2) is 37.0 Å². The van der Waals surface area contributed by atoms with Gasteiger partial charge in [0.25, 0.3) is 11.5 Å². The summed E-state index contributed by atoms with van der Waals surface area (Å²) in [6, 6.07) is 13.8. The third-order valence-electron chi connectivity index (χ3n) is 5.48. The molecule has 0 radical (unpaired) electrons. The van der Waals surface area contributed by atoms with Gasteiger partial charge in [0, 0.05) is 18.4 Å². The number of nitrogens with zero attached hydrogens (tertiary/aromatic N) is 4. The number of fused-ring (bicyclic) bond motifs is 1. The largest absolute Gasteiger partial charge is 0.493 e. The van der Waals surface area contributed by atoms with Gasteiger partial charge in [0.1, 0.15) is 23.1 Å². The number of furan rings is 2. The predicted molar refractivity (Wildman–Crippen MR) is 127 cm³/mol. The minimum absolute atomic E-state index is 0.0201. The van der Waals surface area contributed by atoms with Crippen molar-refractivity contribution in [2.75, 3.05) is 5.75 Å². The molecule has 1 N–H and O–H groups in total. The fourth-order valence-corrected chi connectivity index (χ4v) is 4.80. The topological polar surface area (TPSA) is 114 Å². The molecule has 5 rings (SSSR count). The number of aromatic nitrogens is 2. The van der Waals surface area contributed by atoms with Crippen molar-refractivity contribution in [3.05, 3.63) is 76.7 Å². The van der Waals surface area contributed by atoms with Gasteiger partial charge in [-0.1, -0.05) is 36.9 Å². The highest BCUT2D eigenvalue weighted by molar-refractivity contribution is 7.99. The van der Waals surface area contributed by atoms with Gasteiger partial charge in [-0.05, 0) is 30.7 Å². The lowest BCUT2D eigenvalue weighted by Crippen LogP contribution is -2.29. The first-order valence-corrected chi connectivity index (χ1v) is 11.9. The van der Waals surface area contributed by atoms with E-state index in [9.17, 15) is 14.7 Å². The van der Waals surface area contributed by atoms with Crippen LogP contribution < -0.4 is 5.56 Å². The summed E-state index contributed by atoms with van der Waals surface area (Å²) >= 11 is 1.09. The molecule has 174 valence electrons. The Kier molecular flexibility index (Phi) is 5.97. The molecule has 10 heteroatoms. The third kappa shape index (κ3) is 4.24. The molecule has 0 spiro atoms. The summed E-state index contributed by atoms with van der Waals surface area (Å²) < 4.78 is 13.0. The third-order valence-corrected chi connectivity index (χ3v) is 6.44. The molecular weight excluding hydrogens is 456 g/mol. The molecule has 0 saturated heterocycles. The van der Waals surface area contributed by atoms with E-state index in [1.165, 1.54) is 9.58 Å². The number of hydrogen-bond donors (Lipinski definition) is 1. The fourth-order valence-electron chi connectivity index (χ4n) is 3.92. The van der Waals surface area contributed by atoms with E-state index in [1.807, 2.05) is 43.3 Å². The lowest BCUT2D eigenvalue weighted by molar-refractivity contribution is -0.130. The summed E-state index contributed by atoms with van der Waals surface area (Å²) in [5, 5.41) is 17.0. The highest BCUT2D eigenvalue weighted by Gasteiger charge is 2.36. The van der Waals surface area contributed by atoms with Gasteiger partial charge >= 0.3 is 0 Å². The zero-order valence-electron chi connectivity index (χ0n) is 18.4. The smallest absolute Gasteiger partial charge is 0.257 e. The Hall–Kier alpha value is -3.79. The Morgan fingerprint density at radius 1 is 1.24 bits per heavy atom. The first kappa shape index (κ1) is 22.0. The standard InChI is InChI=1S/C24H22N4O5S/c1-2-9-27-22(30)13-21(29)25-24(27)34-14-23(31)28-17(19-8-5-10-32-19)12-16(26-28)20-11-15-6-3-4-7-18(15)33-20/h3-8,10-11,13,17,29H,2,9,12,14H2,1H3/t17-/m0/s1. The second-order valence-corrected chi connectivity index (χ2v) is 8.79. The van der Waals surface area contributed by atoms with E-state index in [1.54, 1.807) is 12.3 Å². The van der Waals surface area contributed by atoms with Crippen LogP contribution in [0.25, 0.3) is 11.0 Å². The molecule has 0 saturated carbocycles. The number of rotatable bonds is 7. The van der Waals surface area contributed by atoms with Crippen LogP contribution in [0.2, 0.25) is 0 Å². The molecule has 34 heavy (non-hydrogen) atoms. The SMILES string of the molecule is CCCn1c(SCC(=O)N2N=C(c3cc4ccccc4o3)C[C@H]2c2ccco2)nc(O)cc1=O. The number of benzene rings is 1. The van der Waals surface area contributed by atoms with Crippen molar-refractivity contribution in [1.82, 2.24) is 14.6 Å². The second-order valence-electron chi connectivity index (χ2n) is 7.84. The maximum Gasteiger partial charge on any atom is 0.257 e. The minimum atomic E-state index is -0.415. The summed E-state index contributed by atoms with van der Waals surface area (Å²) in [6.07, 6.45) is 2.71. The monoisotopic (exact) mass is 478 g/mol. The molecule has 0 fully saturated rings. The van der Waals surface area contributed by atoms with Crippen molar-refractivity contribution in [3.8, 4) is 5.88 Å². The number of aromatic hydroxyl groups is 1. The molecule has 1 aromatic carbocycles. The Labute approximate surface area is 198 Å². The van der Waals surface area contributed by atoms with Gasteiger partial charge in [-0.15, -0.1) is 0 Å². The van der Waals surface area contributed by atoms with Crippen LogP contribution >= 0.6 is 11.8 Å². The summed E-state index contributed by atoms with van der Waals surface area (Å²) in [6.45, 7) is 2.38. The van der Waals surface area contributed by atoms with Crippen LogP contribution in [0.4, 0.5) is 0 Å². The lowest BCUT2D eigenvalue weighted by atomic mass is 10.1. The highest BCUT2D eigenvalue weighted by atomic mass is 32.2. The van der Waals surface area contributed by atoms with E-state index < -0.39 is 6.04 Å². The maximum absolute atomic E-state index is 13.3. The van der Waals surface area contributed by atoms with Crippen molar-refractivity contribution in [2.45, 2.75) is 37.5 Å². The predicted octanol–water partition coefficient (Wildman–Crippen LogP) is 4.17. The van der Waals surface area contributed by atoms with Gasteiger partial charge in [0.15, 0.2) is 10.9 Å². The summed E-state index contributed by atoms with van der Waals surface area (Å²) in [5.74, 6) is 0.553. The van der Waals surface area contributed by atoms with Gasteiger partial charge in [0.2, 0.25) is 5.88 Å². The van der Waals surface area contributed by atoms with Crippen molar-refractivity contribution in [3.63, 3.8) is 0 Å². The van der Waals surface area contributed by atoms with Gasteiger partial charge in [-0.3, -0.25) is 14.2 Å². The van der Waals surface area contributed by atoms with Crippen molar-refractivity contribution >= 4 is 34.3 Å². The quantitative estimate of drug-likeness (QED) is 0.313. The number of carbonyl (C=O) groups is 1. The average Bonchev–Trinajstić information content (AvgIpc) is 3.57. The zero-order valence-corrected chi connectivity index (χ0v) is 19.2. The van der Waals surface area contributed by atoms with Crippen LogP contribution in [0.5, 0.6) is 5.88 Å². The molecule has 3 aromatic heterocycles. The Balaban J connectivity index is 1.42. The first-order chi connectivity index (χ1) is 16.5. The molecular formula is C24H22N4O5S. The van der Waals surface area contributed by atoms with Gasteiger partial charge < -0.3 is 13.9 Å². The zero-order chi connectivity index (χ0) is 23.7. The Morgan fingerprint density at radius 2 is 2.09 bits per heavy atom. The minimum Gasteiger partial charge on any atom is -0.493 e. The van der Waals surface area contributed by atoms with E-state index >= 15 is 0 Å². The van der Waals surface area contributed by atoms with E-state index in [0.29, 0.717) is 36.6 Å². The molecule has 0 bridgehead atoms. The lowest BCUT2D eigenvalue weighted by Gasteiger charge is -2.20.